The number of hydrogen-bond acceptors (Lipinski definition) is 4. The first-order chi connectivity index (χ1) is 13.4. The van der Waals surface area contributed by atoms with Gasteiger partial charge in [0.25, 0.3) is 5.91 Å². The van der Waals surface area contributed by atoms with Crippen molar-refractivity contribution in [1.82, 2.24) is 10.2 Å². The fraction of sp³-hybridized carbons (Fsp3) is 0.286. The lowest BCUT2D eigenvalue weighted by Gasteiger charge is -2.11. The summed E-state index contributed by atoms with van der Waals surface area (Å²) < 4.78 is 0. The van der Waals surface area contributed by atoms with Gasteiger partial charge in [-0.25, -0.2) is 0 Å². The third-order valence-electron chi connectivity index (χ3n) is 4.17. The molecular weight excluding hydrogens is 356 g/mol. The number of amides is 3. The van der Waals surface area contributed by atoms with Crippen LogP contribution in [0.1, 0.15) is 22.3 Å². The van der Waals surface area contributed by atoms with Gasteiger partial charge in [0.2, 0.25) is 11.8 Å². The fourth-order valence-electron chi connectivity index (χ4n) is 2.53. The van der Waals surface area contributed by atoms with E-state index in [1.807, 2.05) is 24.3 Å². The summed E-state index contributed by atoms with van der Waals surface area (Å²) in [4.78, 5) is 37.0. The summed E-state index contributed by atoms with van der Waals surface area (Å²) in [5.74, 6) is -0.323. The van der Waals surface area contributed by atoms with Crippen molar-refractivity contribution in [3.05, 3.63) is 59.7 Å². The van der Waals surface area contributed by atoms with Crippen molar-refractivity contribution >= 4 is 29.1 Å². The van der Waals surface area contributed by atoms with E-state index < -0.39 is 0 Å². The van der Waals surface area contributed by atoms with Crippen molar-refractivity contribution in [1.29, 1.82) is 0 Å². The van der Waals surface area contributed by atoms with E-state index >= 15 is 0 Å². The van der Waals surface area contributed by atoms with Gasteiger partial charge in [-0.05, 0) is 42.3 Å². The molecule has 3 N–H and O–H groups in total. The van der Waals surface area contributed by atoms with Gasteiger partial charge in [-0.3, -0.25) is 14.4 Å². The molecule has 0 aliphatic rings. The average Bonchev–Trinajstić information content (AvgIpc) is 2.70. The monoisotopic (exact) mass is 382 g/mol. The molecule has 148 valence electrons. The van der Waals surface area contributed by atoms with Gasteiger partial charge in [-0.15, -0.1) is 0 Å². The molecule has 0 aromatic heterocycles. The van der Waals surface area contributed by atoms with Crippen LogP contribution in [0, 0.1) is 0 Å². The number of hydrogen-bond donors (Lipinski definition) is 3. The SMILES string of the molecule is CNC(=O)c1cccc(NC(=O)CNc2ccc(CCC(=O)N(C)C)cc2)c1. The zero-order valence-electron chi connectivity index (χ0n) is 16.4. The molecule has 0 aliphatic heterocycles. The van der Waals surface area contributed by atoms with Crippen LogP contribution in [-0.4, -0.2) is 50.3 Å². The number of carbonyl (C=O) groups excluding carboxylic acids is 3. The molecule has 2 aromatic carbocycles. The summed E-state index contributed by atoms with van der Waals surface area (Å²) in [6.07, 6.45) is 1.15. The van der Waals surface area contributed by atoms with Crippen molar-refractivity contribution in [3.63, 3.8) is 0 Å². The number of nitrogens with one attached hydrogen (secondary N) is 3. The molecule has 0 heterocycles. The minimum absolute atomic E-state index is 0.0966. The van der Waals surface area contributed by atoms with E-state index in [4.69, 9.17) is 0 Å². The summed E-state index contributed by atoms with van der Waals surface area (Å²) in [6.45, 7) is 0.0999. The van der Waals surface area contributed by atoms with E-state index in [2.05, 4.69) is 16.0 Å². The molecule has 0 radical (unpaired) electrons. The maximum absolute atomic E-state index is 12.1. The quantitative estimate of drug-likeness (QED) is 0.652. The maximum atomic E-state index is 12.1. The van der Waals surface area contributed by atoms with Crippen LogP contribution in [0.4, 0.5) is 11.4 Å². The molecule has 2 aromatic rings. The Morgan fingerprint density at radius 2 is 1.68 bits per heavy atom. The number of aryl methyl sites for hydroxylation is 1. The molecule has 7 heteroatoms. The van der Waals surface area contributed by atoms with Crippen LogP contribution in [0.15, 0.2) is 48.5 Å². The molecule has 0 bridgehead atoms. The van der Waals surface area contributed by atoms with Gasteiger partial charge in [-0.1, -0.05) is 18.2 Å². The van der Waals surface area contributed by atoms with Crippen molar-refractivity contribution in [2.75, 3.05) is 38.3 Å². The third kappa shape index (κ3) is 6.42. The highest BCUT2D eigenvalue weighted by Gasteiger charge is 2.07. The molecule has 0 unspecified atom stereocenters. The maximum Gasteiger partial charge on any atom is 0.251 e. The molecule has 0 aliphatic carbocycles. The lowest BCUT2D eigenvalue weighted by molar-refractivity contribution is -0.128. The van der Waals surface area contributed by atoms with Gasteiger partial charge in [0, 0.05) is 44.5 Å². The second-order valence-corrected chi connectivity index (χ2v) is 6.55. The van der Waals surface area contributed by atoms with Crippen molar-refractivity contribution in [2.24, 2.45) is 0 Å². The lowest BCUT2D eigenvalue weighted by Crippen LogP contribution is -2.22. The number of nitrogens with zero attached hydrogens (tertiary/aromatic N) is 1. The standard InChI is InChI=1S/C21H26N4O3/c1-22-21(28)16-5-4-6-18(13-16)24-19(26)14-23-17-10-7-15(8-11-17)9-12-20(27)25(2)3/h4-8,10-11,13,23H,9,12,14H2,1-3H3,(H,22,28)(H,24,26). The minimum Gasteiger partial charge on any atom is -0.376 e. The van der Waals surface area contributed by atoms with Crippen LogP contribution < -0.4 is 16.0 Å². The van der Waals surface area contributed by atoms with E-state index in [9.17, 15) is 14.4 Å². The highest BCUT2D eigenvalue weighted by molar-refractivity contribution is 5.98. The van der Waals surface area contributed by atoms with Crippen molar-refractivity contribution < 1.29 is 14.4 Å². The van der Waals surface area contributed by atoms with Gasteiger partial charge in [0.15, 0.2) is 0 Å². The molecule has 0 atom stereocenters. The third-order valence-corrected chi connectivity index (χ3v) is 4.17. The Morgan fingerprint density at radius 1 is 0.964 bits per heavy atom. The number of anilines is 2. The molecule has 0 saturated heterocycles. The average molecular weight is 382 g/mol. The highest BCUT2D eigenvalue weighted by atomic mass is 16.2. The Bertz CT molecular complexity index is 832. The van der Waals surface area contributed by atoms with Crippen molar-refractivity contribution in [3.8, 4) is 0 Å². The van der Waals surface area contributed by atoms with Crippen LogP contribution in [0.2, 0.25) is 0 Å². The molecule has 0 fully saturated rings. The molecular formula is C21H26N4O3. The molecule has 28 heavy (non-hydrogen) atoms. The van der Waals surface area contributed by atoms with E-state index in [-0.39, 0.29) is 24.3 Å². The second kappa shape index (κ2) is 10.1. The topological polar surface area (TPSA) is 90.5 Å². The van der Waals surface area contributed by atoms with Crippen molar-refractivity contribution in [2.45, 2.75) is 12.8 Å². The number of benzene rings is 2. The molecule has 0 spiro atoms. The van der Waals surface area contributed by atoms with Crippen LogP contribution in [0.3, 0.4) is 0 Å². The summed E-state index contributed by atoms with van der Waals surface area (Å²) in [5, 5.41) is 8.37. The summed E-state index contributed by atoms with van der Waals surface area (Å²) >= 11 is 0. The number of rotatable bonds is 8. The van der Waals surface area contributed by atoms with E-state index in [1.54, 1.807) is 50.3 Å². The molecule has 2 rings (SSSR count). The lowest BCUT2D eigenvalue weighted by atomic mass is 10.1. The Morgan fingerprint density at radius 3 is 2.32 bits per heavy atom. The first kappa shape index (κ1) is 21.0. The molecule has 0 saturated carbocycles. The molecule has 7 nitrogen and oxygen atoms in total. The van der Waals surface area contributed by atoms with E-state index in [0.717, 1.165) is 11.3 Å². The zero-order chi connectivity index (χ0) is 20.5. The van der Waals surface area contributed by atoms with Gasteiger partial charge in [0.1, 0.15) is 0 Å². The smallest absolute Gasteiger partial charge is 0.251 e. The number of carbonyl (C=O) groups is 3. The zero-order valence-corrected chi connectivity index (χ0v) is 16.4. The van der Waals surface area contributed by atoms with Gasteiger partial charge >= 0.3 is 0 Å². The van der Waals surface area contributed by atoms with E-state index in [1.165, 1.54) is 0 Å². The van der Waals surface area contributed by atoms with Gasteiger partial charge in [-0.2, -0.15) is 0 Å². The minimum atomic E-state index is -0.213. The van der Waals surface area contributed by atoms with Crippen LogP contribution in [0.5, 0.6) is 0 Å². The first-order valence-electron chi connectivity index (χ1n) is 9.04. The molecule has 3 amide bonds. The Hall–Kier alpha value is -3.35. The van der Waals surface area contributed by atoms with E-state index in [0.29, 0.717) is 24.1 Å². The summed E-state index contributed by atoms with van der Waals surface area (Å²) in [5.41, 5.74) is 2.93. The Labute approximate surface area is 165 Å². The van der Waals surface area contributed by atoms with Crippen LogP contribution in [-0.2, 0) is 16.0 Å². The summed E-state index contributed by atoms with van der Waals surface area (Å²) in [6, 6.07) is 14.4. The fourth-order valence-corrected chi connectivity index (χ4v) is 2.53. The van der Waals surface area contributed by atoms with Gasteiger partial charge < -0.3 is 20.9 Å². The van der Waals surface area contributed by atoms with Gasteiger partial charge in [0.05, 0.1) is 6.54 Å². The van der Waals surface area contributed by atoms with Crippen LogP contribution >= 0.6 is 0 Å². The Balaban J connectivity index is 1.83. The summed E-state index contributed by atoms with van der Waals surface area (Å²) in [7, 11) is 5.05. The Kier molecular flexibility index (Phi) is 7.56. The largest absolute Gasteiger partial charge is 0.376 e. The highest BCUT2D eigenvalue weighted by Crippen LogP contribution is 2.13. The van der Waals surface area contributed by atoms with Crippen LogP contribution in [0.25, 0.3) is 0 Å². The normalized spacial score (nSPS) is 10.1. The predicted octanol–water partition coefficient (Wildman–Crippen LogP) is 2.12. The predicted molar refractivity (Wildman–Crippen MR) is 110 cm³/mol. The first-order valence-corrected chi connectivity index (χ1v) is 9.04. The second-order valence-electron chi connectivity index (χ2n) is 6.55.